The van der Waals surface area contributed by atoms with Crippen molar-refractivity contribution < 1.29 is 23.9 Å². The fourth-order valence-electron chi connectivity index (χ4n) is 3.43. The molecule has 0 aromatic heterocycles. The first-order chi connectivity index (χ1) is 13.0. The number of ether oxygens (including phenoxy) is 2. The summed E-state index contributed by atoms with van der Waals surface area (Å²) in [6.07, 6.45) is 0.907. The lowest BCUT2D eigenvalue weighted by molar-refractivity contribution is -0.143. The highest BCUT2D eigenvalue weighted by Crippen LogP contribution is 2.39. The predicted molar refractivity (Wildman–Crippen MR) is 108 cm³/mol. The summed E-state index contributed by atoms with van der Waals surface area (Å²) in [6.45, 7) is 10.3. The molecule has 2 amide bonds. The van der Waals surface area contributed by atoms with Gasteiger partial charge in [-0.3, -0.25) is 14.9 Å². The lowest BCUT2D eigenvalue weighted by Crippen LogP contribution is -2.57. The quantitative estimate of drug-likeness (QED) is 0.675. The average molecular weight is 416 g/mol. The molecule has 1 spiro atoms. The van der Waals surface area contributed by atoms with Crippen LogP contribution in [0.5, 0.6) is 0 Å². The van der Waals surface area contributed by atoms with Crippen molar-refractivity contribution in [3.05, 3.63) is 0 Å². The van der Waals surface area contributed by atoms with E-state index in [2.05, 4.69) is 10.6 Å². The summed E-state index contributed by atoms with van der Waals surface area (Å²) in [5.74, 6) is 0.279. The number of piperidine rings is 1. The van der Waals surface area contributed by atoms with Crippen LogP contribution < -0.4 is 10.6 Å². The first-order valence-electron chi connectivity index (χ1n) is 9.74. The van der Waals surface area contributed by atoms with Gasteiger partial charge in [0.05, 0.1) is 12.0 Å². The molecule has 0 aliphatic carbocycles. The number of likely N-dealkylation sites (tertiary alicyclic amines) is 1. The summed E-state index contributed by atoms with van der Waals surface area (Å²) in [6, 6.07) is -0.926. The summed E-state index contributed by atoms with van der Waals surface area (Å²) in [7, 11) is 1.39. The van der Waals surface area contributed by atoms with E-state index in [4.69, 9.17) is 9.47 Å². The topological polar surface area (TPSA) is 97.0 Å². The monoisotopic (exact) mass is 415 g/mol. The molecular formula is C19H33N3O5S. The standard InChI is InChI=1S/C19H33N3O5S/c1-12(2)14(20-17(25)27-18(3,4)5)15(23)22-9-7-19(8-10-22)21-13(11-28-19)16(24)26-6/h12-14,21H,7-11H2,1-6H3,(H,20,25)/t13-,14-/m0/s1. The highest BCUT2D eigenvalue weighted by atomic mass is 32.2. The van der Waals surface area contributed by atoms with E-state index in [0.29, 0.717) is 18.8 Å². The minimum absolute atomic E-state index is 0.0569. The van der Waals surface area contributed by atoms with Gasteiger partial charge in [0.15, 0.2) is 0 Å². The number of esters is 1. The van der Waals surface area contributed by atoms with Gasteiger partial charge in [-0.15, -0.1) is 11.8 Å². The van der Waals surface area contributed by atoms with Crippen molar-refractivity contribution in [2.24, 2.45) is 5.92 Å². The number of nitrogens with zero attached hydrogens (tertiary/aromatic N) is 1. The number of carbonyl (C=O) groups is 3. The number of alkyl carbamates (subject to hydrolysis) is 1. The van der Waals surface area contributed by atoms with Crippen LogP contribution in [0.25, 0.3) is 0 Å². The van der Waals surface area contributed by atoms with E-state index in [1.807, 2.05) is 13.8 Å². The number of amides is 2. The van der Waals surface area contributed by atoms with E-state index in [0.717, 1.165) is 12.8 Å². The van der Waals surface area contributed by atoms with Gasteiger partial charge in [-0.05, 0) is 39.5 Å². The van der Waals surface area contributed by atoms with Crippen LogP contribution in [0.2, 0.25) is 0 Å². The van der Waals surface area contributed by atoms with Crippen LogP contribution >= 0.6 is 11.8 Å². The van der Waals surface area contributed by atoms with Gasteiger partial charge < -0.3 is 19.7 Å². The minimum Gasteiger partial charge on any atom is -0.468 e. The van der Waals surface area contributed by atoms with Crippen LogP contribution in [0.15, 0.2) is 0 Å². The molecule has 9 heteroatoms. The minimum atomic E-state index is -0.629. The zero-order valence-corrected chi connectivity index (χ0v) is 18.5. The summed E-state index contributed by atoms with van der Waals surface area (Å²) >= 11 is 1.72. The molecule has 2 aliphatic heterocycles. The van der Waals surface area contributed by atoms with Crippen molar-refractivity contribution in [2.75, 3.05) is 26.0 Å². The number of hydrogen-bond acceptors (Lipinski definition) is 7. The van der Waals surface area contributed by atoms with Crippen LogP contribution in [0, 0.1) is 5.92 Å². The second kappa shape index (κ2) is 8.90. The SMILES string of the molecule is COC(=O)[C@@H]1CSC2(CCN(C(=O)[C@@H](NC(=O)OC(C)(C)C)C(C)C)CC2)N1. The van der Waals surface area contributed by atoms with E-state index in [1.165, 1.54) is 7.11 Å². The summed E-state index contributed by atoms with van der Waals surface area (Å²) < 4.78 is 10.1. The number of carbonyl (C=O) groups excluding carboxylic acids is 3. The zero-order chi connectivity index (χ0) is 21.1. The first kappa shape index (κ1) is 22.8. The van der Waals surface area contributed by atoms with Crippen molar-refractivity contribution in [3.8, 4) is 0 Å². The molecule has 0 aromatic rings. The predicted octanol–water partition coefficient (Wildman–Crippen LogP) is 1.73. The summed E-state index contributed by atoms with van der Waals surface area (Å²) in [5.41, 5.74) is -0.617. The number of nitrogens with one attached hydrogen (secondary N) is 2. The fraction of sp³-hybridized carbons (Fsp3) is 0.842. The van der Waals surface area contributed by atoms with Gasteiger partial charge in [-0.1, -0.05) is 13.8 Å². The molecule has 28 heavy (non-hydrogen) atoms. The second-order valence-corrected chi connectivity index (χ2v) is 10.1. The lowest BCUT2D eigenvalue weighted by Gasteiger charge is -2.40. The maximum absolute atomic E-state index is 13.0. The summed E-state index contributed by atoms with van der Waals surface area (Å²) in [4.78, 5) is 38.5. The van der Waals surface area contributed by atoms with Gasteiger partial charge in [0, 0.05) is 18.8 Å². The zero-order valence-electron chi connectivity index (χ0n) is 17.7. The van der Waals surface area contributed by atoms with Crippen molar-refractivity contribution in [2.45, 2.75) is 70.0 Å². The molecule has 0 aromatic carbocycles. The van der Waals surface area contributed by atoms with Crippen molar-refractivity contribution in [3.63, 3.8) is 0 Å². The Morgan fingerprint density at radius 2 is 1.82 bits per heavy atom. The largest absolute Gasteiger partial charge is 0.468 e. The lowest BCUT2D eigenvalue weighted by atomic mass is 9.99. The highest BCUT2D eigenvalue weighted by Gasteiger charge is 2.45. The first-order valence-corrected chi connectivity index (χ1v) is 10.7. The fourth-order valence-corrected chi connectivity index (χ4v) is 4.84. The van der Waals surface area contributed by atoms with E-state index in [1.54, 1.807) is 37.4 Å². The molecule has 2 aliphatic rings. The third-order valence-corrected chi connectivity index (χ3v) is 6.52. The number of thioether (sulfide) groups is 1. The average Bonchev–Trinajstić information content (AvgIpc) is 3.01. The molecule has 2 atom stereocenters. The van der Waals surface area contributed by atoms with Crippen molar-refractivity contribution in [1.82, 2.24) is 15.5 Å². The van der Waals surface area contributed by atoms with Gasteiger partial charge in [0.1, 0.15) is 17.7 Å². The molecule has 2 rings (SSSR count). The van der Waals surface area contributed by atoms with Gasteiger partial charge in [-0.2, -0.15) is 0 Å². The number of hydrogen-bond donors (Lipinski definition) is 2. The number of methoxy groups -OCH3 is 1. The molecule has 0 unspecified atom stereocenters. The Hall–Kier alpha value is -1.48. The maximum atomic E-state index is 13.0. The normalized spacial score (nSPS) is 22.8. The van der Waals surface area contributed by atoms with Crippen LogP contribution in [-0.4, -0.2) is 71.4 Å². The van der Waals surface area contributed by atoms with Crippen molar-refractivity contribution in [1.29, 1.82) is 0 Å². The molecule has 0 bridgehead atoms. The Bertz CT molecular complexity index is 597. The van der Waals surface area contributed by atoms with Crippen LogP contribution in [0.4, 0.5) is 4.79 Å². The Morgan fingerprint density at radius 1 is 1.21 bits per heavy atom. The molecular weight excluding hydrogens is 382 g/mol. The third-order valence-electron chi connectivity index (χ3n) is 4.94. The van der Waals surface area contributed by atoms with Gasteiger partial charge in [-0.25, -0.2) is 4.79 Å². The van der Waals surface area contributed by atoms with E-state index in [-0.39, 0.29) is 28.7 Å². The van der Waals surface area contributed by atoms with E-state index in [9.17, 15) is 14.4 Å². The Balaban J connectivity index is 1.93. The van der Waals surface area contributed by atoms with Gasteiger partial charge >= 0.3 is 12.1 Å². The van der Waals surface area contributed by atoms with Gasteiger partial charge in [0.2, 0.25) is 5.91 Å². The van der Waals surface area contributed by atoms with Crippen LogP contribution in [-0.2, 0) is 19.1 Å². The Morgan fingerprint density at radius 3 is 2.32 bits per heavy atom. The Kier molecular flexibility index (Phi) is 7.25. The van der Waals surface area contributed by atoms with Crippen LogP contribution in [0.1, 0.15) is 47.5 Å². The van der Waals surface area contributed by atoms with Gasteiger partial charge in [0.25, 0.3) is 0 Å². The molecule has 2 fully saturated rings. The third kappa shape index (κ3) is 5.76. The van der Waals surface area contributed by atoms with E-state index >= 15 is 0 Å². The molecule has 2 heterocycles. The Labute approximate surface area is 171 Å². The maximum Gasteiger partial charge on any atom is 0.408 e. The molecule has 0 saturated carbocycles. The molecule has 2 N–H and O–H groups in total. The van der Waals surface area contributed by atoms with E-state index < -0.39 is 17.7 Å². The molecule has 0 radical (unpaired) electrons. The number of rotatable bonds is 4. The molecule has 8 nitrogen and oxygen atoms in total. The smallest absolute Gasteiger partial charge is 0.408 e. The molecule has 2 saturated heterocycles. The summed E-state index contributed by atoms with van der Waals surface area (Å²) in [5, 5.41) is 6.11. The van der Waals surface area contributed by atoms with Crippen molar-refractivity contribution >= 4 is 29.7 Å². The second-order valence-electron chi connectivity index (χ2n) is 8.72. The molecule has 160 valence electrons. The van der Waals surface area contributed by atoms with Crippen LogP contribution in [0.3, 0.4) is 0 Å². The highest BCUT2D eigenvalue weighted by molar-refractivity contribution is 8.01.